The molecule has 2 aromatic heterocycles. The van der Waals surface area contributed by atoms with Crippen LogP contribution < -0.4 is 16.3 Å². The summed E-state index contributed by atoms with van der Waals surface area (Å²) >= 11 is 4.61. The molecular formula is C26H16BrN3O4S. The predicted molar refractivity (Wildman–Crippen MR) is 140 cm³/mol. The quantitative estimate of drug-likeness (QED) is 0.256. The largest absolute Gasteiger partial charge is 0.422 e. The molecule has 2 N–H and O–H groups in total. The summed E-state index contributed by atoms with van der Waals surface area (Å²) in [5.74, 6) is -0.789. The number of aromatic nitrogens is 1. The lowest BCUT2D eigenvalue weighted by Gasteiger charge is -2.06. The number of nitrogens with one attached hydrogen (secondary N) is 2. The van der Waals surface area contributed by atoms with Crippen LogP contribution in [0, 0.1) is 0 Å². The van der Waals surface area contributed by atoms with E-state index in [9.17, 15) is 14.4 Å². The first-order chi connectivity index (χ1) is 17.0. The summed E-state index contributed by atoms with van der Waals surface area (Å²) in [5, 5.41) is 8.29. The minimum absolute atomic E-state index is 0.106. The second kappa shape index (κ2) is 9.65. The van der Waals surface area contributed by atoms with Gasteiger partial charge in [-0.3, -0.25) is 14.9 Å². The SMILES string of the molecule is O=C(Nc1ccc(-c2csc(NC(=O)c3cc4cc(Br)ccc4oc3=O)n2)cc1)c1ccccc1. The van der Waals surface area contributed by atoms with E-state index in [-0.39, 0.29) is 11.5 Å². The molecule has 3 aromatic carbocycles. The van der Waals surface area contributed by atoms with Gasteiger partial charge in [0.15, 0.2) is 5.13 Å². The van der Waals surface area contributed by atoms with Gasteiger partial charge < -0.3 is 9.73 Å². The Bertz CT molecular complexity index is 1610. The number of nitrogens with zero attached hydrogens (tertiary/aromatic N) is 1. The van der Waals surface area contributed by atoms with E-state index in [2.05, 4.69) is 31.5 Å². The van der Waals surface area contributed by atoms with Gasteiger partial charge >= 0.3 is 5.63 Å². The van der Waals surface area contributed by atoms with Gasteiger partial charge in [0.05, 0.1) is 5.69 Å². The highest BCUT2D eigenvalue weighted by molar-refractivity contribution is 9.10. The van der Waals surface area contributed by atoms with Crippen molar-refractivity contribution < 1.29 is 14.0 Å². The van der Waals surface area contributed by atoms with Crippen molar-refractivity contribution in [1.29, 1.82) is 0 Å². The highest BCUT2D eigenvalue weighted by Crippen LogP contribution is 2.27. The molecule has 5 rings (SSSR count). The maximum absolute atomic E-state index is 12.7. The van der Waals surface area contributed by atoms with E-state index < -0.39 is 11.5 Å². The minimum Gasteiger partial charge on any atom is -0.422 e. The van der Waals surface area contributed by atoms with Crippen molar-refractivity contribution in [1.82, 2.24) is 4.98 Å². The molecule has 7 nitrogen and oxygen atoms in total. The molecule has 0 saturated heterocycles. The summed E-state index contributed by atoms with van der Waals surface area (Å²) in [7, 11) is 0. The number of halogens is 1. The summed E-state index contributed by atoms with van der Waals surface area (Å²) < 4.78 is 6.07. The van der Waals surface area contributed by atoms with Crippen LogP contribution in [-0.2, 0) is 0 Å². The molecule has 172 valence electrons. The van der Waals surface area contributed by atoms with Gasteiger partial charge in [0, 0.05) is 32.1 Å². The molecule has 0 bridgehead atoms. The number of hydrogen-bond acceptors (Lipinski definition) is 6. The van der Waals surface area contributed by atoms with Gasteiger partial charge in [0.2, 0.25) is 0 Å². The zero-order chi connectivity index (χ0) is 24.4. The second-order valence-corrected chi connectivity index (χ2v) is 9.29. The Labute approximate surface area is 211 Å². The van der Waals surface area contributed by atoms with Gasteiger partial charge in [-0.1, -0.05) is 46.3 Å². The van der Waals surface area contributed by atoms with E-state index in [1.165, 1.54) is 17.4 Å². The highest BCUT2D eigenvalue weighted by atomic mass is 79.9. The number of carbonyl (C=O) groups is 2. The van der Waals surface area contributed by atoms with Crippen LogP contribution in [0.15, 0.2) is 97.9 Å². The third kappa shape index (κ3) is 5.06. The molecule has 0 saturated carbocycles. The molecule has 0 unspecified atom stereocenters. The van der Waals surface area contributed by atoms with Gasteiger partial charge in [-0.25, -0.2) is 9.78 Å². The average molecular weight is 546 g/mol. The monoisotopic (exact) mass is 545 g/mol. The average Bonchev–Trinajstić information content (AvgIpc) is 3.33. The van der Waals surface area contributed by atoms with Gasteiger partial charge in [0.1, 0.15) is 11.1 Å². The first kappa shape index (κ1) is 22.7. The molecule has 9 heteroatoms. The van der Waals surface area contributed by atoms with Crippen molar-refractivity contribution in [2.24, 2.45) is 0 Å². The zero-order valence-corrected chi connectivity index (χ0v) is 20.4. The lowest BCUT2D eigenvalue weighted by molar-refractivity contribution is 0.101. The number of benzene rings is 3. The van der Waals surface area contributed by atoms with Gasteiger partial charge in [-0.15, -0.1) is 11.3 Å². The van der Waals surface area contributed by atoms with Crippen LogP contribution in [-0.4, -0.2) is 16.8 Å². The Morgan fingerprint density at radius 3 is 2.43 bits per heavy atom. The fraction of sp³-hybridized carbons (Fsp3) is 0. The highest BCUT2D eigenvalue weighted by Gasteiger charge is 2.16. The molecule has 2 amide bonds. The number of fused-ring (bicyclic) bond motifs is 1. The van der Waals surface area contributed by atoms with Crippen molar-refractivity contribution in [2.75, 3.05) is 10.6 Å². The zero-order valence-electron chi connectivity index (χ0n) is 17.9. The van der Waals surface area contributed by atoms with Crippen LogP contribution >= 0.6 is 27.3 Å². The Balaban J connectivity index is 1.29. The van der Waals surface area contributed by atoms with Crippen LogP contribution in [0.25, 0.3) is 22.2 Å². The van der Waals surface area contributed by atoms with Crippen molar-refractivity contribution in [3.05, 3.63) is 110 Å². The summed E-state index contributed by atoms with van der Waals surface area (Å²) in [5.41, 5.74) is 2.27. The molecule has 0 atom stereocenters. The molecule has 0 radical (unpaired) electrons. The van der Waals surface area contributed by atoms with E-state index in [0.29, 0.717) is 33.0 Å². The maximum atomic E-state index is 12.7. The molecule has 0 spiro atoms. The fourth-order valence-corrected chi connectivity index (χ4v) is 4.49. The first-order valence-electron chi connectivity index (χ1n) is 10.4. The van der Waals surface area contributed by atoms with Crippen molar-refractivity contribution >= 4 is 60.9 Å². The van der Waals surface area contributed by atoms with Gasteiger partial charge in [-0.05, 0) is 48.5 Å². The summed E-state index contributed by atoms with van der Waals surface area (Å²) in [6.07, 6.45) is 0. The van der Waals surface area contributed by atoms with Crippen LogP contribution in [0.1, 0.15) is 20.7 Å². The Kier molecular flexibility index (Phi) is 6.26. The Morgan fingerprint density at radius 1 is 0.886 bits per heavy atom. The lowest BCUT2D eigenvalue weighted by atomic mass is 10.1. The molecule has 0 aliphatic heterocycles. The molecule has 0 fully saturated rings. The molecular weight excluding hydrogens is 530 g/mol. The smallest absolute Gasteiger partial charge is 0.349 e. The van der Waals surface area contributed by atoms with Crippen molar-refractivity contribution in [2.45, 2.75) is 0 Å². The molecule has 5 aromatic rings. The second-order valence-electron chi connectivity index (χ2n) is 7.52. The maximum Gasteiger partial charge on any atom is 0.349 e. The lowest BCUT2D eigenvalue weighted by Crippen LogP contribution is -2.20. The molecule has 35 heavy (non-hydrogen) atoms. The van der Waals surface area contributed by atoms with Gasteiger partial charge in [0.25, 0.3) is 11.8 Å². The van der Waals surface area contributed by atoms with Crippen LogP contribution in [0.3, 0.4) is 0 Å². The van der Waals surface area contributed by atoms with Crippen molar-refractivity contribution in [3.63, 3.8) is 0 Å². The predicted octanol–water partition coefficient (Wildman–Crippen LogP) is 6.18. The number of hydrogen-bond donors (Lipinski definition) is 2. The number of anilines is 2. The topological polar surface area (TPSA) is 101 Å². The summed E-state index contributed by atoms with van der Waals surface area (Å²) in [6.45, 7) is 0. The van der Waals surface area contributed by atoms with Crippen LogP contribution in [0.4, 0.5) is 10.8 Å². The first-order valence-corrected chi connectivity index (χ1v) is 12.1. The van der Waals surface area contributed by atoms with Crippen molar-refractivity contribution in [3.8, 4) is 11.3 Å². The minimum atomic E-state index is -0.720. The number of amides is 2. The van der Waals surface area contributed by atoms with Crippen LogP contribution in [0.5, 0.6) is 0 Å². The van der Waals surface area contributed by atoms with E-state index >= 15 is 0 Å². The number of rotatable bonds is 5. The molecule has 2 heterocycles. The van der Waals surface area contributed by atoms with E-state index in [1.807, 2.05) is 30.3 Å². The van der Waals surface area contributed by atoms with E-state index in [1.54, 1.807) is 47.8 Å². The standard InChI is InChI=1S/C26H16BrN3O4S/c27-18-8-11-22-17(12-18)13-20(25(33)34-22)24(32)30-26-29-21(14-35-26)15-6-9-19(10-7-15)28-23(31)16-4-2-1-3-5-16/h1-14H,(H,28,31)(H,29,30,32). The van der Waals surface area contributed by atoms with Crippen LogP contribution in [0.2, 0.25) is 0 Å². The summed E-state index contributed by atoms with van der Waals surface area (Å²) in [6, 6.07) is 22.9. The third-order valence-corrected chi connectivity index (χ3v) is 6.39. The number of carbonyl (C=O) groups excluding carboxylic acids is 2. The van der Waals surface area contributed by atoms with E-state index in [4.69, 9.17) is 4.42 Å². The Hall–Kier alpha value is -4.08. The molecule has 0 aliphatic rings. The molecule has 0 aliphatic carbocycles. The summed E-state index contributed by atoms with van der Waals surface area (Å²) in [4.78, 5) is 41.8. The normalized spacial score (nSPS) is 10.8. The van der Waals surface area contributed by atoms with Gasteiger partial charge in [-0.2, -0.15) is 0 Å². The fourth-order valence-electron chi connectivity index (χ4n) is 3.40. The third-order valence-electron chi connectivity index (χ3n) is 5.14. The number of thiazole rings is 1. The van der Waals surface area contributed by atoms with E-state index in [0.717, 1.165) is 10.0 Å². The Morgan fingerprint density at radius 2 is 1.66 bits per heavy atom.